The van der Waals surface area contributed by atoms with Gasteiger partial charge in [-0.05, 0) is 36.2 Å². The second-order valence-corrected chi connectivity index (χ2v) is 8.79. The second kappa shape index (κ2) is 10.7. The summed E-state index contributed by atoms with van der Waals surface area (Å²) in [5, 5.41) is 3.96. The molecule has 11 heteroatoms. The molecule has 3 aromatic rings. The minimum absolute atomic E-state index is 0.0294. The summed E-state index contributed by atoms with van der Waals surface area (Å²) in [6.07, 6.45) is 0.661. The average molecular weight is 470 g/mol. The third-order valence-corrected chi connectivity index (χ3v) is 5.94. The predicted molar refractivity (Wildman–Crippen MR) is 121 cm³/mol. The molecule has 0 unspecified atom stereocenters. The van der Waals surface area contributed by atoms with Gasteiger partial charge in [0.2, 0.25) is 10.0 Å². The minimum atomic E-state index is -3.86. The van der Waals surface area contributed by atoms with Gasteiger partial charge >= 0.3 is 0 Å². The molecule has 0 aliphatic carbocycles. The first-order valence-corrected chi connectivity index (χ1v) is 11.6. The lowest BCUT2D eigenvalue weighted by Gasteiger charge is -2.10. The molecule has 0 radical (unpaired) electrons. The van der Waals surface area contributed by atoms with Crippen LogP contribution in [0.15, 0.2) is 76.4 Å². The number of amides is 2. The van der Waals surface area contributed by atoms with Crippen LogP contribution in [0.1, 0.15) is 39.8 Å². The van der Waals surface area contributed by atoms with Crippen LogP contribution in [-0.2, 0) is 23.1 Å². The molecular weight excluding hydrogens is 446 g/mol. The lowest BCUT2D eigenvalue weighted by Crippen LogP contribution is -2.42. The highest BCUT2D eigenvalue weighted by Crippen LogP contribution is 2.12. The molecule has 0 saturated carbocycles. The van der Waals surface area contributed by atoms with E-state index in [0.29, 0.717) is 13.0 Å². The molecule has 33 heavy (non-hydrogen) atoms. The molecule has 10 nitrogen and oxygen atoms in total. The van der Waals surface area contributed by atoms with Crippen LogP contribution in [0.25, 0.3) is 0 Å². The van der Waals surface area contributed by atoms with Crippen LogP contribution in [0.4, 0.5) is 0 Å². The van der Waals surface area contributed by atoms with Crippen molar-refractivity contribution in [2.24, 2.45) is 0 Å². The number of aryl methyl sites for hydroxylation is 1. The Hall–Kier alpha value is -3.83. The fourth-order valence-electron chi connectivity index (χ4n) is 2.85. The molecule has 1 aromatic heterocycles. The summed E-state index contributed by atoms with van der Waals surface area (Å²) in [5.41, 5.74) is 4.86. The molecule has 172 valence electrons. The van der Waals surface area contributed by atoms with Crippen molar-refractivity contribution in [1.29, 1.82) is 0 Å². The molecule has 0 fully saturated rings. The van der Waals surface area contributed by atoms with Crippen molar-refractivity contribution in [2.45, 2.75) is 31.3 Å². The molecule has 0 spiro atoms. The monoisotopic (exact) mass is 469 g/mol. The van der Waals surface area contributed by atoms with Crippen molar-refractivity contribution in [1.82, 2.24) is 25.4 Å². The van der Waals surface area contributed by atoms with E-state index in [0.717, 1.165) is 10.2 Å². The number of nitrogens with zero attached hydrogens (tertiary/aromatic N) is 2. The second-order valence-electron chi connectivity index (χ2n) is 7.03. The van der Waals surface area contributed by atoms with Crippen LogP contribution in [0.2, 0.25) is 0 Å². The maximum atomic E-state index is 12.6. The number of hydrazine groups is 1. The standard InChI is InChI=1S/C22H23N5O5S/c1-2-13-27-20(28)12-11-19(26-27)22(30)25-24-21(29)17-9-6-10-18(14-17)33(31,32)23-15-16-7-4-3-5-8-16/h3-12,14,23H,2,13,15H2,1H3,(H,24,29)(H,25,30). The Labute approximate surface area is 190 Å². The van der Waals surface area contributed by atoms with Gasteiger partial charge in [-0.15, -0.1) is 0 Å². The van der Waals surface area contributed by atoms with Crippen LogP contribution in [-0.4, -0.2) is 30.0 Å². The quantitative estimate of drug-likeness (QED) is 0.424. The average Bonchev–Trinajstić information content (AvgIpc) is 2.83. The van der Waals surface area contributed by atoms with Crippen LogP contribution in [0.3, 0.4) is 0 Å². The van der Waals surface area contributed by atoms with Crippen molar-refractivity contribution in [3.8, 4) is 0 Å². The zero-order valence-corrected chi connectivity index (χ0v) is 18.6. The molecule has 2 aromatic carbocycles. The summed E-state index contributed by atoms with van der Waals surface area (Å²) in [6.45, 7) is 2.32. The lowest BCUT2D eigenvalue weighted by atomic mass is 10.2. The Morgan fingerprint density at radius 1 is 0.939 bits per heavy atom. The fraction of sp³-hybridized carbons (Fsp3) is 0.182. The molecule has 0 bridgehead atoms. The normalized spacial score (nSPS) is 11.1. The predicted octanol–water partition coefficient (Wildman–Crippen LogP) is 1.21. The Morgan fingerprint density at radius 2 is 1.67 bits per heavy atom. The van der Waals surface area contributed by atoms with Crippen molar-refractivity contribution in [3.05, 3.63) is 93.9 Å². The number of nitrogens with one attached hydrogen (secondary N) is 3. The molecule has 2 amide bonds. The summed E-state index contributed by atoms with van der Waals surface area (Å²) in [7, 11) is -3.86. The van der Waals surface area contributed by atoms with E-state index in [9.17, 15) is 22.8 Å². The third kappa shape index (κ3) is 6.34. The van der Waals surface area contributed by atoms with Gasteiger partial charge < -0.3 is 0 Å². The lowest BCUT2D eigenvalue weighted by molar-refractivity contribution is 0.0842. The van der Waals surface area contributed by atoms with Crippen LogP contribution in [0.5, 0.6) is 0 Å². The number of aromatic nitrogens is 2. The van der Waals surface area contributed by atoms with E-state index in [1.807, 2.05) is 13.0 Å². The van der Waals surface area contributed by atoms with Gasteiger partial charge in [-0.25, -0.2) is 17.8 Å². The minimum Gasteiger partial charge on any atom is -0.268 e. The van der Waals surface area contributed by atoms with Gasteiger partial charge in [-0.2, -0.15) is 5.10 Å². The largest absolute Gasteiger partial charge is 0.290 e. The molecule has 3 rings (SSSR count). The highest BCUT2D eigenvalue weighted by molar-refractivity contribution is 7.89. The number of rotatable bonds is 8. The summed E-state index contributed by atoms with van der Waals surface area (Å²) in [5.74, 6) is -1.44. The maximum absolute atomic E-state index is 12.6. The summed E-state index contributed by atoms with van der Waals surface area (Å²) in [6, 6.07) is 16.9. The zero-order valence-electron chi connectivity index (χ0n) is 17.8. The van der Waals surface area contributed by atoms with E-state index in [4.69, 9.17) is 0 Å². The molecule has 0 atom stereocenters. The van der Waals surface area contributed by atoms with Crippen LogP contribution < -0.4 is 21.1 Å². The zero-order chi connectivity index (χ0) is 23.8. The van der Waals surface area contributed by atoms with E-state index in [-0.39, 0.29) is 28.3 Å². The number of benzene rings is 2. The van der Waals surface area contributed by atoms with Crippen LogP contribution in [0, 0.1) is 0 Å². The number of hydrogen-bond acceptors (Lipinski definition) is 6. The SMILES string of the molecule is CCCn1nc(C(=O)NNC(=O)c2cccc(S(=O)(=O)NCc3ccccc3)c2)ccc1=O. The first kappa shape index (κ1) is 23.8. The number of sulfonamides is 1. The van der Waals surface area contributed by atoms with Gasteiger partial charge in [0.1, 0.15) is 0 Å². The van der Waals surface area contributed by atoms with Gasteiger partial charge in [0.15, 0.2) is 5.69 Å². The Balaban J connectivity index is 1.65. The topological polar surface area (TPSA) is 139 Å². The Kier molecular flexibility index (Phi) is 7.70. The third-order valence-electron chi connectivity index (χ3n) is 4.54. The molecule has 1 heterocycles. The van der Waals surface area contributed by atoms with Crippen molar-refractivity contribution in [3.63, 3.8) is 0 Å². The van der Waals surface area contributed by atoms with Gasteiger partial charge in [0.25, 0.3) is 17.4 Å². The van der Waals surface area contributed by atoms with E-state index < -0.39 is 21.8 Å². The Morgan fingerprint density at radius 3 is 2.39 bits per heavy atom. The highest BCUT2D eigenvalue weighted by Gasteiger charge is 2.17. The molecule has 0 saturated heterocycles. The van der Waals surface area contributed by atoms with E-state index >= 15 is 0 Å². The van der Waals surface area contributed by atoms with E-state index in [2.05, 4.69) is 20.7 Å². The maximum Gasteiger partial charge on any atom is 0.290 e. The number of carbonyl (C=O) groups is 2. The summed E-state index contributed by atoms with van der Waals surface area (Å²) < 4.78 is 28.8. The first-order valence-electron chi connectivity index (χ1n) is 10.1. The molecule has 0 aliphatic rings. The van der Waals surface area contributed by atoms with Gasteiger partial charge in [0, 0.05) is 24.7 Å². The Bertz CT molecular complexity index is 1310. The number of hydrogen-bond donors (Lipinski definition) is 3. The van der Waals surface area contributed by atoms with Gasteiger partial charge in [0.05, 0.1) is 4.90 Å². The van der Waals surface area contributed by atoms with Gasteiger partial charge in [-0.1, -0.05) is 43.3 Å². The molecule has 3 N–H and O–H groups in total. The van der Waals surface area contributed by atoms with Crippen molar-refractivity contribution in [2.75, 3.05) is 0 Å². The van der Waals surface area contributed by atoms with Crippen LogP contribution >= 0.6 is 0 Å². The van der Waals surface area contributed by atoms with Crippen molar-refractivity contribution < 1.29 is 18.0 Å². The first-order chi connectivity index (χ1) is 15.8. The highest BCUT2D eigenvalue weighted by atomic mass is 32.2. The van der Waals surface area contributed by atoms with Gasteiger partial charge in [-0.3, -0.25) is 25.2 Å². The van der Waals surface area contributed by atoms with E-state index in [1.54, 1.807) is 24.3 Å². The molecule has 0 aliphatic heterocycles. The summed E-state index contributed by atoms with van der Waals surface area (Å²) in [4.78, 5) is 36.4. The smallest absolute Gasteiger partial charge is 0.268 e. The molecular formula is C22H23N5O5S. The van der Waals surface area contributed by atoms with Crippen molar-refractivity contribution >= 4 is 21.8 Å². The number of carbonyl (C=O) groups excluding carboxylic acids is 2. The fourth-order valence-corrected chi connectivity index (χ4v) is 3.92. The summed E-state index contributed by atoms with van der Waals surface area (Å²) >= 11 is 0. The van der Waals surface area contributed by atoms with E-state index in [1.165, 1.54) is 36.4 Å².